The number of esters is 1. The highest BCUT2D eigenvalue weighted by Crippen LogP contribution is 2.30. The van der Waals surface area contributed by atoms with Crippen molar-refractivity contribution in [1.29, 1.82) is 0 Å². The van der Waals surface area contributed by atoms with Gasteiger partial charge in [0.1, 0.15) is 16.5 Å². The Morgan fingerprint density at radius 2 is 1.89 bits per heavy atom. The van der Waals surface area contributed by atoms with E-state index in [0.29, 0.717) is 34.3 Å². The normalized spacial score (nSPS) is 19.3. The van der Waals surface area contributed by atoms with Gasteiger partial charge in [0.15, 0.2) is 5.13 Å². The van der Waals surface area contributed by atoms with E-state index in [1.54, 1.807) is 13.8 Å². The van der Waals surface area contributed by atoms with Gasteiger partial charge in [-0.25, -0.2) is 9.78 Å². The predicted octanol–water partition coefficient (Wildman–Crippen LogP) is 2.90. The van der Waals surface area contributed by atoms with Crippen LogP contribution in [0.1, 0.15) is 48.0 Å². The molecule has 0 amide bonds. The molecule has 0 aliphatic carbocycles. The fourth-order valence-electron chi connectivity index (χ4n) is 4.77. The summed E-state index contributed by atoms with van der Waals surface area (Å²) in [6, 6.07) is 2.65. The van der Waals surface area contributed by atoms with Crippen LogP contribution in [0, 0.1) is 12.8 Å². The first-order valence-electron chi connectivity index (χ1n) is 12.5. The highest BCUT2D eigenvalue weighted by molar-refractivity contribution is 7.17. The van der Waals surface area contributed by atoms with Gasteiger partial charge in [-0.1, -0.05) is 11.3 Å². The van der Waals surface area contributed by atoms with Crippen molar-refractivity contribution < 1.29 is 14.6 Å². The van der Waals surface area contributed by atoms with E-state index in [1.807, 2.05) is 0 Å². The van der Waals surface area contributed by atoms with Gasteiger partial charge in [0.25, 0.3) is 0 Å². The van der Waals surface area contributed by atoms with Gasteiger partial charge in [-0.3, -0.25) is 5.32 Å². The van der Waals surface area contributed by atoms with Crippen molar-refractivity contribution in [2.24, 2.45) is 5.92 Å². The molecule has 0 saturated carbocycles. The molecule has 0 aromatic carbocycles. The molecular formula is C24H37N7O3S. The second-order valence-corrected chi connectivity index (χ2v) is 10.5. The number of aromatic nitrogens is 3. The van der Waals surface area contributed by atoms with Crippen LogP contribution in [0.5, 0.6) is 0 Å². The number of rotatable bonds is 8. The number of piperidine rings is 2. The Balaban J connectivity index is 1.60. The minimum Gasteiger partial charge on any atom is -0.462 e. The van der Waals surface area contributed by atoms with Crippen molar-refractivity contribution in [2.45, 2.75) is 45.6 Å². The molecule has 2 N–H and O–H groups in total. The summed E-state index contributed by atoms with van der Waals surface area (Å²) in [4.78, 5) is 33.7. The average molecular weight is 504 g/mol. The standard InChI is InChI=1S/C24H37N7O3S/c1-5-34-22(33)21-16(2)25-24(35-21)28-23-26-19(30-11-8-18(9-12-30)29(3)4)13-20(27-23)31-10-6-7-17(14-31)15-32/h13,17-18,32H,5-12,14-15H2,1-4H3,(H,25,26,27,28). The average Bonchev–Trinajstić information content (AvgIpc) is 3.23. The van der Waals surface area contributed by atoms with Crippen molar-refractivity contribution >= 4 is 40.0 Å². The number of nitrogens with one attached hydrogen (secondary N) is 1. The molecule has 0 bridgehead atoms. The second kappa shape index (κ2) is 11.5. The Kier molecular flexibility index (Phi) is 8.40. The van der Waals surface area contributed by atoms with Gasteiger partial charge >= 0.3 is 5.97 Å². The fraction of sp³-hybridized carbons (Fsp3) is 0.667. The van der Waals surface area contributed by atoms with Crippen molar-refractivity contribution in [1.82, 2.24) is 19.9 Å². The molecule has 4 rings (SSSR count). The van der Waals surface area contributed by atoms with Crippen LogP contribution < -0.4 is 15.1 Å². The van der Waals surface area contributed by atoms with E-state index in [2.05, 4.69) is 45.2 Å². The van der Waals surface area contributed by atoms with Gasteiger partial charge in [0.05, 0.1) is 12.3 Å². The summed E-state index contributed by atoms with van der Waals surface area (Å²) in [7, 11) is 4.28. The molecule has 192 valence electrons. The third kappa shape index (κ3) is 6.20. The molecule has 0 spiro atoms. The first-order chi connectivity index (χ1) is 16.9. The SMILES string of the molecule is CCOC(=O)c1sc(Nc2nc(N3CCC(N(C)C)CC3)cc(N3CCCC(CO)C3)n2)nc1C. The maximum absolute atomic E-state index is 12.2. The molecule has 1 unspecified atom stereocenters. The second-order valence-electron chi connectivity index (χ2n) is 9.51. The zero-order valence-corrected chi connectivity index (χ0v) is 22.0. The van der Waals surface area contributed by atoms with Gasteiger partial charge in [0.2, 0.25) is 5.95 Å². The molecule has 2 aliphatic rings. The first kappa shape index (κ1) is 25.6. The molecule has 4 heterocycles. The Hall–Kier alpha value is -2.50. The summed E-state index contributed by atoms with van der Waals surface area (Å²) < 4.78 is 5.15. The molecule has 1 atom stereocenters. The number of aliphatic hydroxyl groups is 1. The largest absolute Gasteiger partial charge is 0.462 e. The molecule has 0 radical (unpaired) electrons. The lowest BCUT2D eigenvalue weighted by molar-refractivity contribution is 0.0531. The van der Waals surface area contributed by atoms with Crippen LogP contribution in [0.25, 0.3) is 0 Å². The number of carbonyl (C=O) groups excluding carboxylic acids is 1. The van der Waals surface area contributed by atoms with Crippen LogP contribution in [0.15, 0.2) is 6.07 Å². The van der Waals surface area contributed by atoms with Gasteiger partial charge in [-0.2, -0.15) is 9.97 Å². The molecular weight excluding hydrogens is 466 g/mol. The molecule has 2 fully saturated rings. The van der Waals surface area contributed by atoms with E-state index < -0.39 is 0 Å². The topological polar surface area (TPSA) is 107 Å². The number of hydrogen-bond acceptors (Lipinski definition) is 11. The molecule has 2 aliphatic heterocycles. The van der Waals surface area contributed by atoms with Crippen molar-refractivity contribution in [3.05, 3.63) is 16.6 Å². The van der Waals surface area contributed by atoms with Crippen LogP contribution in [-0.2, 0) is 4.74 Å². The summed E-state index contributed by atoms with van der Waals surface area (Å²) in [6.07, 6.45) is 4.22. The van der Waals surface area contributed by atoms with E-state index >= 15 is 0 Å². The number of aryl methyl sites for hydroxylation is 1. The predicted molar refractivity (Wildman–Crippen MR) is 139 cm³/mol. The lowest BCUT2D eigenvalue weighted by Crippen LogP contribution is -2.42. The summed E-state index contributed by atoms with van der Waals surface area (Å²) >= 11 is 1.25. The van der Waals surface area contributed by atoms with Crippen LogP contribution in [-0.4, -0.2) is 90.5 Å². The highest BCUT2D eigenvalue weighted by Gasteiger charge is 2.26. The number of thiazole rings is 1. The van der Waals surface area contributed by atoms with E-state index in [-0.39, 0.29) is 18.5 Å². The van der Waals surface area contributed by atoms with Crippen LogP contribution in [0.2, 0.25) is 0 Å². The van der Waals surface area contributed by atoms with Crippen molar-refractivity contribution in [2.75, 3.05) is 68.6 Å². The molecule has 2 saturated heterocycles. The van der Waals surface area contributed by atoms with Gasteiger partial charge < -0.3 is 24.5 Å². The minimum absolute atomic E-state index is 0.187. The van der Waals surface area contributed by atoms with E-state index in [9.17, 15) is 9.90 Å². The minimum atomic E-state index is -0.363. The molecule has 11 heteroatoms. The number of ether oxygens (including phenoxy) is 1. The van der Waals surface area contributed by atoms with E-state index in [1.165, 1.54) is 11.3 Å². The van der Waals surface area contributed by atoms with Gasteiger partial charge in [-0.15, -0.1) is 0 Å². The monoisotopic (exact) mass is 503 g/mol. The van der Waals surface area contributed by atoms with E-state index in [0.717, 1.165) is 63.5 Å². The molecule has 2 aromatic rings. The third-order valence-electron chi connectivity index (χ3n) is 6.80. The highest BCUT2D eigenvalue weighted by atomic mass is 32.1. The molecule has 2 aromatic heterocycles. The number of aliphatic hydroxyl groups excluding tert-OH is 1. The number of nitrogens with zero attached hydrogens (tertiary/aromatic N) is 6. The Bertz CT molecular complexity index is 1010. The molecule has 10 nitrogen and oxygen atoms in total. The zero-order chi connectivity index (χ0) is 24.9. The summed E-state index contributed by atoms with van der Waals surface area (Å²) in [6.45, 7) is 7.64. The smallest absolute Gasteiger partial charge is 0.350 e. The number of anilines is 4. The summed E-state index contributed by atoms with van der Waals surface area (Å²) in [5.41, 5.74) is 0.625. The summed E-state index contributed by atoms with van der Waals surface area (Å²) in [5.74, 6) is 2.09. The third-order valence-corrected chi connectivity index (χ3v) is 7.85. The van der Waals surface area contributed by atoms with Gasteiger partial charge in [-0.05, 0) is 59.5 Å². The number of hydrogen-bond donors (Lipinski definition) is 2. The Morgan fingerprint density at radius 3 is 2.54 bits per heavy atom. The quantitative estimate of drug-likeness (QED) is 0.522. The van der Waals surface area contributed by atoms with Crippen molar-refractivity contribution in [3.8, 4) is 0 Å². The maximum Gasteiger partial charge on any atom is 0.350 e. The van der Waals surface area contributed by atoms with Crippen LogP contribution in [0.3, 0.4) is 0 Å². The van der Waals surface area contributed by atoms with Gasteiger partial charge in [0, 0.05) is 44.9 Å². The lowest BCUT2D eigenvalue weighted by Gasteiger charge is -2.37. The summed E-state index contributed by atoms with van der Waals surface area (Å²) in [5, 5.41) is 13.5. The Morgan fingerprint density at radius 1 is 1.17 bits per heavy atom. The van der Waals surface area contributed by atoms with Crippen LogP contribution >= 0.6 is 11.3 Å². The zero-order valence-electron chi connectivity index (χ0n) is 21.2. The molecule has 35 heavy (non-hydrogen) atoms. The van der Waals surface area contributed by atoms with E-state index in [4.69, 9.17) is 14.7 Å². The van der Waals surface area contributed by atoms with Crippen molar-refractivity contribution in [3.63, 3.8) is 0 Å². The van der Waals surface area contributed by atoms with Crippen LogP contribution in [0.4, 0.5) is 22.7 Å². The first-order valence-corrected chi connectivity index (χ1v) is 13.3. The Labute approximate surface area is 211 Å². The lowest BCUT2D eigenvalue weighted by atomic mass is 9.99. The maximum atomic E-state index is 12.2. The fourth-order valence-corrected chi connectivity index (χ4v) is 5.62. The number of carbonyl (C=O) groups is 1.